The van der Waals surface area contributed by atoms with Gasteiger partial charge < -0.3 is 9.72 Å². The monoisotopic (exact) mass is 241 g/mol. The Morgan fingerprint density at radius 2 is 2.11 bits per heavy atom. The van der Waals surface area contributed by atoms with Gasteiger partial charge in [0.05, 0.1) is 18.5 Å². The zero-order chi connectivity index (χ0) is 13.0. The predicted octanol–water partition coefficient (Wildman–Crippen LogP) is 1.63. The van der Waals surface area contributed by atoms with Gasteiger partial charge in [-0.05, 0) is 12.5 Å². The molecule has 1 radical (unpaired) electrons. The van der Waals surface area contributed by atoms with Crippen molar-refractivity contribution in [1.82, 2.24) is 9.97 Å². The fourth-order valence-electron chi connectivity index (χ4n) is 1.63. The Hall–Kier alpha value is -2.04. The third kappa shape index (κ3) is 2.61. The van der Waals surface area contributed by atoms with E-state index >= 15 is 0 Å². The number of nitrogens with one attached hydrogen (secondary N) is 1. The predicted molar refractivity (Wildman–Crippen MR) is 71.2 cm³/mol. The van der Waals surface area contributed by atoms with E-state index in [9.17, 15) is 4.79 Å². The molecule has 18 heavy (non-hydrogen) atoms. The van der Waals surface area contributed by atoms with Crippen LogP contribution in [0.1, 0.15) is 17.5 Å². The van der Waals surface area contributed by atoms with Crippen molar-refractivity contribution in [1.29, 1.82) is 0 Å². The van der Waals surface area contributed by atoms with E-state index in [2.05, 4.69) is 9.97 Å². The fourth-order valence-corrected chi connectivity index (χ4v) is 1.63. The molecule has 0 saturated heterocycles. The van der Waals surface area contributed by atoms with Gasteiger partial charge >= 0.3 is 5.97 Å². The van der Waals surface area contributed by atoms with Crippen LogP contribution in [-0.4, -0.2) is 29.8 Å². The molecule has 0 bridgehead atoms. The number of esters is 1. The second kappa shape index (κ2) is 5.53. The highest BCUT2D eigenvalue weighted by molar-refractivity contribution is 6.51. The molecule has 0 atom stereocenters. The van der Waals surface area contributed by atoms with E-state index in [1.807, 2.05) is 38.4 Å². The summed E-state index contributed by atoms with van der Waals surface area (Å²) in [5, 5.41) is 0. The third-order valence-electron chi connectivity index (χ3n) is 2.60. The first-order valence-electron chi connectivity index (χ1n) is 5.86. The average molecular weight is 241 g/mol. The van der Waals surface area contributed by atoms with Crippen LogP contribution >= 0.6 is 0 Å². The number of carbonyl (C=O) groups excluding carboxylic acids is 1. The Balaban J connectivity index is 2.20. The van der Waals surface area contributed by atoms with Crippen molar-refractivity contribution in [2.45, 2.75) is 13.7 Å². The van der Waals surface area contributed by atoms with E-state index in [-0.39, 0.29) is 5.82 Å². The summed E-state index contributed by atoms with van der Waals surface area (Å²) in [7, 11) is 2.03. The zero-order valence-electron chi connectivity index (χ0n) is 10.4. The molecule has 5 heteroatoms. The third-order valence-corrected chi connectivity index (χ3v) is 2.60. The Morgan fingerprint density at radius 3 is 2.72 bits per heavy atom. The molecule has 0 saturated carbocycles. The second-order valence-electron chi connectivity index (χ2n) is 3.78. The number of nitrogens with zero attached hydrogens (tertiary/aromatic N) is 1. The molecule has 0 spiro atoms. The van der Waals surface area contributed by atoms with Crippen molar-refractivity contribution in [2.75, 3.05) is 6.61 Å². The summed E-state index contributed by atoms with van der Waals surface area (Å²) in [6.45, 7) is 4.10. The van der Waals surface area contributed by atoms with Gasteiger partial charge in [-0.15, -0.1) is 0 Å². The van der Waals surface area contributed by atoms with Crippen LogP contribution in [-0.2, 0) is 4.74 Å². The number of benzene rings is 1. The summed E-state index contributed by atoms with van der Waals surface area (Å²) in [5.74, 6) is -0.194. The number of H-pyrrole nitrogens is 1. The molecular weight excluding hydrogens is 227 g/mol. The lowest BCUT2D eigenvalue weighted by molar-refractivity contribution is 0.0513. The SMILES string of the molecule is C[B]c1ccc(-c2cnc(C(=O)OCC)[nH]2)cc1. The molecule has 1 N–H and O–H groups in total. The van der Waals surface area contributed by atoms with E-state index in [1.54, 1.807) is 13.1 Å². The molecule has 0 aliphatic rings. The van der Waals surface area contributed by atoms with Gasteiger partial charge in [0.25, 0.3) is 0 Å². The zero-order valence-corrected chi connectivity index (χ0v) is 10.4. The molecule has 2 aromatic rings. The maximum atomic E-state index is 11.5. The molecule has 91 valence electrons. The summed E-state index contributed by atoms with van der Waals surface area (Å²) in [5.41, 5.74) is 2.95. The van der Waals surface area contributed by atoms with Crippen molar-refractivity contribution in [3.05, 3.63) is 36.3 Å². The maximum absolute atomic E-state index is 11.5. The summed E-state index contributed by atoms with van der Waals surface area (Å²) in [4.78, 5) is 18.4. The minimum atomic E-state index is -0.428. The van der Waals surface area contributed by atoms with Gasteiger partial charge in [-0.2, -0.15) is 0 Å². The number of rotatable bonds is 4. The van der Waals surface area contributed by atoms with Gasteiger partial charge in [0, 0.05) is 0 Å². The molecule has 0 amide bonds. The maximum Gasteiger partial charge on any atom is 0.374 e. The smallest absolute Gasteiger partial charge is 0.374 e. The quantitative estimate of drug-likeness (QED) is 0.653. The van der Waals surface area contributed by atoms with E-state index in [4.69, 9.17) is 4.74 Å². The number of aromatic amines is 1. The Morgan fingerprint density at radius 1 is 1.39 bits per heavy atom. The lowest BCUT2D eigenvalue weighted by Crippen LogP contribution is -2.08. The Bertz CT molecular complexity index is 534. The topological polar surface area (TPSA) is 55.0 Å². The van der Waals surface area contributed by atoms with Crippen molar-refractivity contribution >= 4 is 18.7 Å². The second-order valence-corrected chi connectivity index (χ2v) is 3.78. The lowest BCUT2D eigenvalue weighted by atomic mass is 9.73. The highest BCUT2D eigenvalue weighted by Crippen LogP contribution is 2.15. The molecule has 2 rings (SSSR count). The van der Waals surface area contributed by atoms with Crippen LogP contribution < -0.4 is 5.46 Å². The minimum Gasteiger partial charge on any atom is -0.460 e. The van der Waals surface area contributed by atoms with Gasteiger partial charge in [0.2, 0.25) is 5.82 Å². The summed E-state index contributed by atoms with van der Waals surface area (Å²) in [6, 6.07) is 8.00. The highest BCUT2D eigenvalue weighted by atomic mass is 16.5. The van der Waals surface area contributed by atoms with Crippen LogP contribution in [0, 0.1) is 0 Å². The molecule has 1 aromatic heterocycles. The summed E-state index contributed by atoms with van der Waals surface area (Å²) in [6.07, 6.45) is 1.64. The van der Waals surface area contributed by atoms with E-state index < -0.39 is 5.97 Å². The summed E-state index contributed by atoms with van der Waals surface area (Å²) >= 11 is 0. The largest absolute Gasteiger partial charge is 0.460 e. The van der Waals surface area contributed by atoms with Crippen molar-refractivity contribution < 1.29 is 9.53 Å². The Kier molecular flexibility index (Phi) is 3.82. The van der Waals surface area contributed by atoms with Gasteiger partial charge in [0.15, 0.2) is 0 Å². The standard InChI is InChI=1S/C13H14BN2O2/c1-3-18-13(17)12-15-8-11(16-12)9-4-6-10(14-2)7-5-9/h4-8H,3H2,1-2H3,(H,15,16). The number of hydrogen-bond donors (Lipinski definition) is 1. The molecule has 0 unspecified atom stereocenters. The first kappa shape index (κ1) is 12.4. The molecule has 0 fully saturated rings. The lowest BCUT2D eigenvalue weighted by Gasteiger charge is -2.00. The van der Waals surface area contributed by atoms with Crippen LogP contribution in [0.25, 0.3) is 11.3 Å². The van der Waals surface area contributed by atoms with Crippen LogP contribution in [0.4, 0.5) is 0 Å². The van der Waals surface area contributed by atoms with E-state index in [1.165, 1.54) is 0 Å². The van der Waals surface area contributed by atoms with Gasteiger partial charge in [-0.1, -0.05) is 36.6 Å². The van der Waals surface area contributed by atoms with E-state index in [0.29, 0.717) is 6.61 Å². The number of aromatic nitrogens is 2. The van der Waals surface area contributed by atoms with Crippen molar-refractivity contribution in [3.8, 4) is 11.3 Å². The number of imidazole rings is 1. The normalized spacial score (nSPS) is 10.1. The van der Waals surface area contributed by atoms with Gasteiger partial charge in [-0.3, -0.25) is 0 Å². The van der Waals surface area contributed by atoms with Crippen LogP contribution in [0.15, 0.2) is 30.5 Å². The number of carbonyl (C=O) groups is 1. The Labute approximate surface area is 107 Å². The van der Waals surface area contributed by atoms with Crippen LogP contribution in [0.3, 0.4) is 0 Å². The van der Waals surface area contributed by atoms with Crippen LogP contribution in [0.2, 0.25) is 6.82 Å². The fraction of sp³-hybridized carbons (Fsp3) is 0.231. The number of hydrogen-bond acceptors (Lipinski definition) is 3. The first-order valence-corrected chi connectivity index (χ1v) is 5.86. The molecule has 4 nitrogen and oxygen atoms in total. The highest BCUT2D eigenvalue weighted by Gasteiger charge is 2.11. The van der Waals surface area contributed by atoms with Gasteiger partial charge in [-0.25, -0.2) is 9.78 Å². The molecule has 1 heterocycles. The average Bonchev–Trinajstić information content (AvgIpc) is 2.89. The van der Waals surface area contributed by atoms with E-state index in [0.717, 1.165) is 16.7 Å². The minimum absolute atomic E-state index is 0.234. The van der Waals surface area contributed by atoms with Crippen molar-refractivity contribution in [3.63, 3.8) is 0 Å². The number of ether oxygens (including phenoxy) is 1. The van der Waals surface area contributed by atoms with Gasteiger partial charge in [0.1, 0.15) is 7.28 Å². The molecule has 1 aromatic carbocycles. The van der Waals surface area contributed by atoms with Crippen LogP contribution in [0.5, 0.6) is 0 Å². The molecule has 0 aliphatic carbocycles. The first-order chi connectivity index (χ1) is 8.74. The molecule has 0 aliphatic heterocycles. The van der Waals surface area contributed by atoms with Crippen molar-refractivity contribution in [2.24, 2.45) is 0 Å². The summed E-state index contributed by atoms with van der Waals surface area (Å²) < 4.78 is 4.88. The molecular formula is C13H14BN2O2.